The molecule has 0 bridgehead atoms. The van der Waals surface area contributed by atoms with E-state index in [4.69, 9.17) is 5.11 Å². The highest BCUT2D eigenvalue weighted by atomic mass is 16.4. The van der Waals surface area contributed by atoms with E-state index in [2.05, 4.69) is 0 Å². The van der Waals surface area contributed by atoms with Gasteiger partial charge in [-0.1, -0.05) is 12.8 Å². The lowest BCUT2D eigenvalue weighted by atomic mass is 9.71. The lowest BCUT2D eigenvalue weighted by Gasteiger charge is -2.48. The Balaban J connectivity index is 1.95. The maximum absolute atomic E-state index is 12.5. The Hall–Kier alpha value is -1.30. The van der Waals surface area contributed by atoms with Crippen LogP contribution in [0.25, 0.3) is 0 Å². The Bertz CT molecular complexity index is 401. The number of piperidine rings is 1. The molecule has 1 saturated heterocycles. The van der Waals surface area contributed by atoms with E-state index in [9.17, 15) is 14.7 Å². The molecule has 0 aromatic rings. The van der Waals surface area contributed by atoms with Crippen LogP contribution >= 0.6 is 0 Å². The molecule has 2 unspecified atom stereocenters. The van der Waals surface area contributed by atoms with E-state index < -0.39 is 11.6 Å². The van der Waals surface area contributed by atoms with Gasteiger partial charge in [-0.05, 0) is 26.2 Å². The Morgan fingerprint density at radius 1 is 1.33 bits per heavy atom. The summed E-state index contributed by atoms with van der Waals surface area (Å²) in [7, 11) is 0. The number of carboxylic acid groups (broad SMARTS) is 1. The monoisotopic (exact) mass is 298 g/mol. The van der Waals surface area contributed by atoms with Crippen molar-refractivity contribution in [3.63, 3.8) is 0 Å². The van der Waals surface area contributed by atoms with E-state index in [1.54, 1.807) is 9.80 Å². The van der Waals surface area contributed by atoms with Crippen LogP contribution in [0.15, 0.2) is 0 Å². The van der Waals surface area contributed by atoms with Gasteiger partial charge in [0.1, 0.15) is 0 Å². The van der Waals surface area contributed by atoms with E-state index in [1.165, 1.54) is 0 Å². The number of likely N-dealkylation sites (tertiary alicyclic amines) is 1. The van der Waals surface area contributed by atoms with Crippen molar-refractivity contribution in [1.29, 1.82) is 0 Å². The summed E-state index contributed by atoms with van der Waals surface area (Å²) < 4.78 is 0. The van der Waals surface area contributed by atoms with Crippen molar-refractivity contribution in [3.05, 3.63) is 0 Å². The first-order valence-corrected chi connectivity index (χ1v) is 7.94. The van der Waals surface area contributed by atoms with Crippen LogP contribution in [0.4, 0.5) is 4.79 Å². The zero-order valence-electron chi connectivity index (χ0n) is 12.8. The molecule has 0 aromatic heterocycles. The number of hydrogen-bond acceptors (Lipinski definition) is 3. The highest BCUT2D eigenvalue weighted by molar-refractivity contribution is 5.75. The number of aliphatic carboxylic acids is 1. The molecule has 120 valence electrons. The molecule has 6 heteroatoms. The zero-order valence-corrected chi connectivity index (χ0v) is 12.8. The number of hydrogen-bond donors (Lipinski definition) is 2. The standard InChI is InChI=1S/C15H26N2O4/c1-2-16(9-6-13(18)19)14(20)17-10-8-15(21)7-4-3-5-12(15)11-17/h12,21H,2-11H2,1H3,(H,18,19). The van der Waals surface area contributed by atoms with Gasteiger partial charge in [0.05, 0.1) is 12.0 Å². The van der Waals surface area contributed by atoms with Gasteiger partial charge in [0.2, 0.25) is 0 Å². The van der Waals surface area contributed by atoms with Gasteiger partial charge in [0.25, 0.3) is 0 Å². The van der Waals surface area contributed by atoms with Crippen molar-refractivity contribution in [1.82, 2.24) is 9.80 Å². The Labute approximate surface area is 125 Å². The highest BCUT2D eigenvalue weighted by Gasteiger charge is 2.44. The molecule has 0 radical (unpaired) electrons. The molecule has 2 N–H and O–H groups in total. The second-order valence-corrected chi connectivity index (χ2v) is 6.25. The third-order valence-electron chi connectivity index (χ3n) is 4.95. The second kappa shape index (κ2) is 6.64. The van der Waals surface area contributed by atoms with Crippen molar-refractivity contribution >= 4 is 12.0 Å². The molecule has 2 atom stereocenters. The molecule has 2 fully saturated rings. The third-order valence-corrected chi connectivity index (χ3v) is 4.95. The first kappa shape index (κ1) is 16.1. The van der Waals surface area contributed by atoms with Gasteiger partial charge in [0.15, 0.2) is 0 Å². The Morgan fingerprint density at radius 3 is 2.76 bits per heavy atom. The van der Waals surface area contributed by atoms with E-state index in [-0.39, 0.29) is 24.9 Å². The van der Waals surface area contributed by atoms with Crippen LogP contribution in [0, 0.1) is 5.92 Å². The lowest BCUT2D eigenvalue weighted by Crippen LogP contribution is -2.57. The fourth-order valence-electron chi connectivity index (χ4n) is 3.56. The number of amides is 2. The molecular formula is C15H26N2O4. The van der Waals surface area contributed by atoms with Crippen molar-refractivity contribution < 1.29 is 19.8 Å². The minimum absolute atomic E-state index is 0.0270. The molecule has 2 aliphatic rings. The minimum Gasteiger partial charge on any atom is -0.481 e. The number of nitrogens with zero attached hydrogens (tertiary/aromatic N) is 2. The number of carbonyl (C=O) groups is 2. The summed E-state index contributed by atoms with van der Waals surface area (Å²) in [5.74, 6) is -0.719. The molecule has 0 aromatic carbocycles. The molecule has 2 amide bonds. The van der Waals surface area contributed by atoms with Gasteiger partial charge < -0.3 is 20.0 Å². The van der Waals surface area contributed by atoms with Crippen molar-refractivity contribution in [2.24, 2.45) is 5.92 Å². The van der Waals surface area contributed by atoms with E-state index in [0.29, 0.717) is 26.1 Å². The normalized spacial score (nSPS) is 28.9. The summed E-state index contributed by atoms with van der Waals surface area (Å²) in [5.41, 5.74) is -0.590. The van der Waals surface area contributed by atoms with Crippen LogP contribution in [0.3, 0.4) is 0 Å². The summed E-state index contributed by atoms with van der Waals surface area (Å²) in [6.07, 6.45) is 4.62. The van der Waals surface area contributed by atoms with Crippen molar-refractivity contribution in [3.8, 4) is 0 Å². The number of fused-ring (bicyclic) bond motifs is 1. The number of carboxylic acids is 1. The molecule has 1 saturated carbocycles. The first-order valence-electron chi connectivity index (χ1n) is 7.94. The molecule has 1 aliphatic heterocycles. The van der Waals surface area contributed by atoms with E-state index in [1.807, 2.05) is 6.92 Å². The average molecular weight is 298 g/mol. The van der Waals surface area contributed by atoms with Crippen LogP contribution in [0.5, 0.6) is 0 Å². The number of rotatable bonds is 4. The predicted octanol–water partition coefficient (Wildman–Crippen LogP) is 1.53. The summed E-state index contributed by atoms with van der Waals surface area (Å²) in [4.78, 5) is 26.5. The van der Waals surface area contributed by atoms with Gasteiger partial charge in [-0.15, -0.1) is 0 Å². The summed E-state index contributed by atoms with van der Waals surface area (Å²) in [6.45, 7) is 3.78. The topological polar surface area (TPSA) is 81.1 Å². The van der Waals surface area contributed by atoms with Gasteiger partial charge in [-0.3, -0.25) is 4.79 Å². The van der Waals surface area contributed by atoms with Crippen LogP contribution in [0.2, 0.25) is 0 Å². The van der Waals surface area contributed by atoms with Gasteiger partial charge in [0, 0.05) is 32.1 Å². The summed E-state index contributed by atoms with van der Waals surface area (Å²) in [5, 5.41) is 19.4. The molecule has 21 heavy (non-hydrogen) atoms. The zero-order chi connectivity index (χ0) is 15.5. The fraction of sp³-hybridized carbons (Fsp3) is 0.867. The van der Waals surface area contributed by atoms with Gasteiger partial charge in [-0.25, -0.2) is 4.79 Å². The van der Waals surface area contributed by atoms with Crippen LogP contribution < -0.4 is 0 Å². The van der Waals surface area contributed by atoms with Crippen LogP contribution in [-0.2, 0) is 4.79 Å². The average Bonchev–Trinajstić information content (AvgIpc) is 2.46. The summed E-state index contributed by atoms with van der Waals surface area (Å²) in [6, 6.07) is -0.0913. The quantitative estimate of drug-likeness (QED) is 0.824. The van der Waals surface area contributed by atoms with Gasteiger partial charge in [-0.2, -0.15) is 0 Å². The minimum atomic E-state index is -0.887. The molecular weight excluding hydrogens is 272 g/mol. The Kier molecular flexibility index (Phi) is 5.08. The highest BCUT2D eigenvalue weighted by Crippen LogP contribution is 2.39. The largest absolute Gasteiger partial charge is 0.481 e. The molecule has 1 heterocycles. The fourth-order valence-corrected chi connectivity index (χ4v) is 3.56. The molecule has 2 rings (SSSR count). The number of urea groups is 1. The van der Waals surface area contributed by atoms with E-state index >= 15 is 0 Å². The first-order chi connectivity index (χ1) is 9.96. The third kappa shape index (κ3) is 3.67. The van der Waals surface area contributed by atoms with Gasteiger partial charge >= 0.3 is 12.0 Å². The smallest absolute Gasteiger partial charge is 0.320 e. The van der Waals surface area contributed by atoms with Crippen molar-refractivity contribution in [2.45, 2.75) is 51.0 Å². The SMILES string of the molecule is CCN(CCC(=O)O)C(=O)N1CCC2(O)CCCCC2C1. The Morgan fingerprint density at radius 2 is 2.10 bits per heavy atom. The molecule has 6 nitrogen and oxygen atoms in total. The number of carbonyl (C=O) groups excluding carboxylic acids is 1. The van der Waals surface area contributed by atoms with Crippen LogP contribution in [0.1, 0.15) is 45.4 Å². The number of aliphatic hydroxyl groups is 1. The summed E-state index contributed by atoms with van der Waals surface area (Å²) >= 11 is 0. The lowest BCUT2D eigenvalue weighted by molar-refractivity contribution is -0.137. The maximum Gasteiger partial charge on any atom is 0.320 e. The molecule has 0 spiro atoms. The van der Waals surface area contributed by atoms with E-state index in [0.717, 1.165) is 25.7 Å². The van der Waals surface area contributed by atoms with Crippen molar-refractivity contribution in [2.75, 3.05) is 26.2 Å². The van der Waals surface area contributed by atoms with Crippen LogP contribution in [-0.4, -0.2) is 63.8 Å². The second-order valence-electron chi connectivity index (χ2n) is 6.25. The predicted molar refractivity (Wildman–Crippen MR) is 78.0 cm³/mol. The maximum atomic E-state index is 12.5. The molecule has 1 aliphatic carbocycles.